The molecule has 1 amide bonds. The fourth-order valence-corrected chi connectivity index (χ4v) is 0.764. The Kier molecular flexibility index (Phi) is 5.58. The van der Waals surface area contributed by atoms with Crippen LogP contribution in [0.5, 0.6) is 0 Å². The fraction of sp³-hybridized carbons (Fsp3) is 0.875. The summed E-state index contributed by atoms with van der Waals surface area (Å²) in [7, 11) is 0. The monoisotopic (exact) mass is 179 g/mol. The van der Waals surface area contributed by atoms with Gasteiger partial charge in [0.1, 0.15) is 0 Å². The molecular weight excluding hydrogens is 164 g/mol. The Labute approximate surface area is 71.3 Å². The summed E-state index contributed by atoms with van der Waals surface area (Å²) in [5, 5.41) is 2.43. The molecule has 0 bridgehead atoms. The van der Waals surface area contributed by atoms with Gasteiger partial charge in [0, 0.05) is 19.4 Å². The van der Waals surface area contributed by atoms with Crippen molar-refractivity contribution < 1.29 is 13.6 Å². The van der Waals surface area contributed by atoms with E-state index in [1.807, 2.05) is 13.8 Å². The minimum absolute atomic E-state index is 0.0726. The van der Waals surface area contributed by atoms with Crippen molar-refractivity contribution in [3.8, 4) is 0 Å². The van der Waals surface area contributed by atoms with Crippen molar-refractivity contribution in [3.63, 3.8) is 0 Å². The predicted molar refractivity (Wildman–Crippen MR) is 43.1 cm³/mol. The van der Waals surface area contributed by atoms with Gasteiger partial charge in [-0.2, -0.15) is 0 Å². The SMILES string of the molecule is CC(C)CC(=O)NCCC(F)F. The van der Waals surface area contributed by atoms with Gasteiger partial charge in [0.2, 0.25) is 12.3 Å². The average Bonchev–Trinajstić information content (AvgIpc) is 1.84. The van der Waals surface area contributed by atoms with Crippen LogP contribution in [0.4, 0.5) is 8.78 Å². The summed E-state index contributed by atoms with van der Waals surface area (Å²) in [4.78, 5) is 10.9. The molecule has 1 N–H and O–H groups in total. The smallest absolute Gasteiger partial charge is 0.240 e. The van der Waals surface area contributed by atoms with Gasteiger partial charge in [0.05, 0.1) is 0 Å². The lowest BCUT2D eigenvalue weighted by Gasteiger charge is -2.05. The van der Waals surface area contributed by atoms with Gasteiger partial charge in [-0.15, -0.1) is 0 Å². The van der Waals surface area contributed by atoms with E-state index in [1.165, 1.54) is 0 Å². The number of halogens is 2. The Bertz CT molecular complexity index is 137. The minimum atomic E-state index is -2.33. The summed E-state index contributed by atoms with van der Waals surface area (Å²) in [6, 6.07) is 0. The molecule has 12 heavy (non-hydrogen) atoms. The molecular formula is C8H15F2NO. The number of amides is 1. The normalized spacial score (nSPS) is 10.8. The van der Waals surface area contributed by atoms with Gasteiger partial charge in [0.25, 0.3) is 0 Å². The zero-order valence-corrected chi connectivity index (χ0v) is 7.44. The molecule has 0 aromatic rings. The molecule has 0 rings (SSSR count). The number of hydrogen-bond donors (Lipinski definition) is 1. The van der Waals surface area contributed by atoms with E-state index < -0.39 is 6.43 Å². The van der Waals surface area contributed by atoms with E-state index in [-0.39, 0.29) is 24.8 Å². The second kappa shape index (κ2) is 5.91. The van der Waals surface area contributed by atoms with Crippen LogP contribution in [-0.2, 0) is 4.79 Å². The van der Waals surface area contributed by atoms with Crippen LogP contribution in [0.25, 0.3) is 0 Å². The van der Waals surface area contributed by atoms with Crippen molar-refractivity contribution in [2.75, 3.05) is 6.54 Å². The Balaban J connectivity index is 3.32. The summed E-state index contributed by atoms with van der Waals surface area (Å²) in [5.74, 6) is 0.127. The maximum Gasteiger partial charge on any atom is 0.240 e. The molecule has 0 atom stereocenters. The second-order valence-electron chi connectivity index (χ2n) is 3.13. The second-order valence-corrected chi connectivity index (χ2v) is 3.13. The molecule has 0 aliphatic carbocycles. The maximum atomic E-state index is 11.6. The van der Waals surface area contributed by atoms with E-state index in [1.54, 1.807) is 0 Å². The van der Waals surface area contributed by atoms with E-state index in [4.69, 9.17) is 0 Å². The quantitative estimate of drug-likeness (QED) is 0.685. The third-order valence-corrected chi connectivity index (χ3v) is 1.28. The largest absolute Gasteiger partial charge is 0.356 e. The Morgan fingerprint density at radius 1 is 1.42 bits per heavy atom. The lowest BCUT2D eigenvalue weighted by atomic mass is 10.1. The van der Waals surface area contributed by atoms with Crippen LogP contribution in [-0.4, -0.2) is 18.9 Å². The van der Waals surface area contributed by atoms with Crippen LogP contribution in [0.15, 0.2) is 0 Å². The summed E-state index contributed by atoms with van der Waals surface area (Å²) >= 11 is 0. The maximum absolute atomic E-state index is 11.6. The lowest BCUT2D eigenvalue weighted by Crippen LogP contribution is -2.26. The standard InChI is InChI=1S/C8H15F2NO/c1-6(2)5-8(12)11-4-3-7(9)10/h6-7H,3-5H2,1-2H3,(H,11,12). The Morgan fingerprint density at radius 2 is 2.00 bits per heavy atom. The van der Waals surface area contributed by atoms with Crippen molar-refractivity contribution >= 4 is 5.91 Å². The predicted octanol–water partition coefficient (Wildman–Crippen LogP) is 1.80. The van der Waals surface area contributed by atoms with E-state index >= 15 is 0 Å². The van der Waals surface area contributed by atoms with Crippen molar-refractivity contribution in [2.45, 2.75) is 33.1 Å². The molecule has 0 saturated heterocycles. The Morgan fingerprint density at radius 3 is 2.42 bits per heavy atom. The highest BCUT2D eigenvalue weighted by Gasteiger charge is 2.06. The third-order valence-electron chi connectivity index (χ3n) is 1.28. The van der Waals surface area contributed by atoms with Gasteiger partial charge in [-0.25, -0.2) is 8.78 Å². The van der Waals surface area contributed by atoms with Crippen LogP contribution < -0.4 is 5.32 Å². The molecule has 0 aromatic carbocycles. The van der Waals surface area contributed by atoms with Gasteiger partial charge in [-0.3, -0.25) is 4.79 Å². The van der Waals surface area contributed by atoms with Crippen molar-refractivity contribution in [1.82, 2.24) is 5.32 Å². The van der Waals surface area contributed by atoms with Crippen LogP contribution in [0.3, 0.4) is 0 Å². The number of alkyl halides is 2. The molecule has 0 aliphatic rings. The van der Waals surface area contributed by atoms with Crippen molar-refractivity contribution in [1.29, 1.82) is 0 Å². The molecule has 72 valence electrons. The van der Waals surface area contributed by atoms with Crippen molar-refractivity contribution in [3.05, 3.63) is 0 Å². The van der Waals surface area contributed by atoms with Crippen LogP contribution in [0.1, 0.15) is 26.7 Å². The minimum Gasteiger partial charge on any atom is -0.356 e. The molecule has 4 heteroatoms. The Hall–Kier alpha value is -0.670. The summed E-state index contributed by atoms with van der Waals surface area (Å²) < 4.78 is 23.2. The summed E-state index contributed by atoms with van der Waals surface area (Å²) in [5.41, 5.74) is 0. The van der Waals surface area contributed by atoms with E-state index in [9.17, 15) is 13.6 Å². The van der Waals surface area contributed by atoms with E-state index in [2.05, 4.69) is 5.32 Å². The first-order chi connectivity index (χ1) is 5.52. The van der Waals surface area contributed by atoms with Crippen molar-refractivity contribution in [2.24, 2.45) is 5.92 Å². The molecule has 0 radical (unpaired) electrons. The van der Waals surface area contributed by atoms with Gasteiger partial charge in [0.15, 0.2) is 0 Å². The molecule has 0 unspecified atom stereocenters. The first kappa shape index (κ1) is 11.3. The van der Waals surface area contributed by atoms with E-state index in [0.717, 1.165) is 0 Å². The zero-order valence-electron chi connectivity index (χ0n) is 7.44. The summed E-state index contributed by atoms with van der Waals surface area (Å²) in [6.45, 7) is 3.89. The number of rotatable bonds is 5. The van der Waals surface area contributed by atoms with Gasteiger partial charge < -0.3 is 5.32 Å². The first-order valence-corrected chi connectivity index (χ1v) is 4.07. The van der Waals surface area contributed by atoms with Gasteiger partial charge >= 0.3 is 0 Å². The molecule has 0 aromatic heterocycles. The molecule has 0 fully saturated rings. The number of hydrogen-bond acceptors (Lipinski definition) is 1. The number of nitrogens with one attached hydrogen (secondary N) is 1. The average molecular weight is 179 g/mol. The van der Waals surface area contributed by atoms with Gasteiger partial charge in [-0.05, 0) is 5.92 Å². The zero-order chi connectivity index (χ0) is 9.56. The highest BCUT2D eigenvalue weighted by Crippen LogP contribution is 1.99. The van der Waals surface area contributed by atoms with Crippen LogP contribution in [0, 0.1) is 5.92 Å². The van der Waals surface area contributed by atoms with Gasteiger partial charge in [-0.1, -0.05) is 13.8 Å². The number of carbonyl (C=O) groups excluding carboxylic acids is 1. The molecule has 0 saturated carbocycles. The topological polar surface area (TPSA) is 29.1 Å². The highest BCUT2D eigenvalue weighted by atomic mass is 19.3. The molecule has 2 nitrogen and oxygen atoms in total. The molecule has 0 spiro atoms. The summed E-state index contributed by atoms with van der Waals surface area (Å²) in [6.07, 6.45) is -2.18. The van der Waals surface area contributed by atoms with Crippen LogP contribution >= 0.6 is 0 Å². The van der Waals surface area contributed by atoms with Crippen LogP contribution in [0.2, 0.25) is 0 Å². The first-order valence-electron chi connectivity index (χ1n) is 4.07. The molecule has 0 heterocycles. The molecule has 0 aliphatic heterocycles. The lowest BCUT2D eigenvalue weighted by molar-refractivity contribution is -0.121. The highest BCUT2D eigenvalue weighted by molar-refractivity contribution is 5.75. The number of carbonyl (C=O) groups is 1. The fourth-order valence-electron chi connectivity index (χ4n) is 0.764. The third kappa shape index (κ3) is 7.44. The van der Waals surface area contributed by atoms with E-state index in [0.29, 0.717) is 6.42 Å².